The Morgan fingerprint density at radius 3 is 2.14 bits per heavy atom. The van der Waals surface area contributed by atoms with Gasteiger partial charge in [0.2, 0.25) is 0 Å². The number of hydrogen-bond acceptors (Lipinski definition) is 3. The lowest BCUT2D eigenvalue weighted by atomic mass is 10.1. The first-order valence-electron chi connectivity index (χ1n) is 7.55. The molecule has 0 amide bonds. The minimum absolute atomic E-state index is 0.0642. The van der Waals surface area contributed by atoms with Gasteiger partial charge in [-0.25, -0.2) is 8.42 Å². The number of aryl methyl sites for hydroxylation is 1. The second-order valence-electron chi connectivity index (χ2n) is 5.70. The van der Waals surface area contributed by atoms with Gasteiger partial charge in [0.1, 0.15) is 0 Å². The summed E-state index contributed by atoms with van der Waals surface area (Å²) in [7, 11) is -3.25. The fourth-order valence-corrected chi connectivity index (χ4v) is 4.70. The number of hydrogen-bond donors (Lipinski definition) is 1. The van der Waals surface area contributed by atoms with E-state index in [9.17, 15) is 13.2 Å². The van der Waals surface area contributed by atoms with Gasteiger partial charge in [-0.3, -0.25) is 4.79 Å². The summed E-state index contributed by atoms with van der Waals surface area (Å²) in [5.41, 5.74) is 0.859. The topological polar surface area (TPSA) is 71.4 Å². The first kappa shape index (κ1) is 16.0. The molecule has 0 radical (unpaired) electrons. The van der Waals surface area contributed by atoms with Gasteiger partial charge < -0.3 is 5.11 Å². The third-order valence-corrected chi connectivity index (χ3v) is 6.40. The molecule has 116 valence electrons. The molecule has 0 bridgehead atoms. The van der Waals surface area contributed by atoms with E-state index in [4.69, 9.17) is 5.11 Å². The Bertz CT molecular complexity index is 567. The molecule has 0 atom stereocenters. The summed E-state index contributed by atoms with van der Waals surface area (Å²) < 4.78 is 25.2. The first-order chi connectivity index (χ1) is 10.00. The number of benzene rings is 1. The molecule has 1 saturated carbocycles. The molecule has 0 spiro atoms. The molecule has 1 fully saturated rings. The zero-order chi connectivity index (χ0) is 15.3. The highest BCUT2D eigenvalue weighted by atomic mass is 32.2. The quantitative estimate of drug-likeness (QED) is 0.848. The third-order valence-electron chi connectivity index (χ3n) is 4.12. The molecule has 0 saturated heterocycles. The van der Waals surface area contributed by atoms with Gasteiger partial charge in [-0.05, 0) is 37.0 Å². The van der Waals surface area contributed by atoms with Gasteiger partial charge in [-0.1, -0.05) is 37.8 Å². The summed E-state index contributed by atoms with van der Waals surface area (Å²) in [6.45, 7) is 0. The second kappa shape index (κ2) is 7.07. The molecule has 1 aliphatic rings. The lowest BCUT2D eigenvalue weighted by Crippen LogP contribution is -2.20. The van der Waals surface area contributed by atoms with Crippen molar-refractivity contribution in [1.29, 1.82) is 0 Å². The van der Waals surface area contributed by atoms with E-state index in [-0.39, 0.29) is 11.7 Å². The van der Waals surface area contributed by atoms with E-state index in [2.05, 4.69) is 0 Å². The average Bonchev–Trinajstić information content (AvgIpc) is 2.75. The van der Waals surface area contributed by atoms with Crippen molar-refractivity contribution in [1.82, 2.24) is 0 Å². The van der Waals surface area contributed by atoms with E-state index in [1.54, 1.807) is 24.3 Å². The SMILES string of the molecule is O=C(O)CCc1ccc(S(=O)(=O)C2CCCCCC2)cc1. The van der Waals surface area contributed by atoms with Gasteiger partial charge in [0.05, 0.1) is 10.1 Å². The molecule has 2 rings (SSSR count). The van der Waals surface area contributed by atoms with Gasteiger partial charge >= 0.3 is 5.97 Å². The summed E-state index contributed by atoms with van der Waals surface area (Å²) >= 11 is 0. The zero-order valence-electron chi connectivity index (χ0n) is 12.1. The number of sulfone groups is 1. The van der Waals surface area contributed by atoms with Crippen molar-refractivity contribution < 1.29 is 18.3 Å². The highest BCUT2D eigenvalue weighted by Gasteiger charge is 2.27. The van der Waals surface area contributed by atoms with E-state index in [0.717, 1.165) is 44.1 Å². The molecule has 0 aliphatic heterocycles. The average molecular weight is 310 g/mol. The minimum atomic E-state index is -3.25. The fourth-order valence-electron chi connectivity index (χ4n) is 2.84. The number of carboxylic acids is 1. The van der Waals surface area contributed by atoms with Crippen LogP contribution in [0.15, 0.2) is 29.2 Å². The molecular weight excluding hydrogens is 288 g/mol. The lowest BCUT2D eigenvalue weighted by Gasteiger charge is -2.15. The molecule has 4 nitrogen and oxygen atoms in total. The summed E-state index contributed by atoms with van der Waals surface area (Å²) in [5.74, 6) is -0.842. The highest BCUT2D eigenvalue weighted by molar-refractivity contribution is 7.92. The number of aliphatic carboxylic acids is 1. The zero-order valence-corrected chi connectivity index (χ0v) is 12.9. The number of carboxylic acid groups (broad SMARTS) is 1. The Morgan fingerprint density at radius 1 is 1.05 bits per heavy atom. The highest BCUT2D eigenvalue weighted by Crippen LogP contribution is 2.28. The van der Waals surface area contributed by atoms with Gasteiger partial charge in [0.15, 0.2) is 9.84 Å². The molecule has 1 N–H and O–H groups in total. The maximum atomic E-state index is 12.6. The van der Waals surface area contributed by atoms with Crippen LogP contribution in [0.25, 0.3) is 0 Å². The molecule has 5 heteroatoms. The summed E-state index contributed by atoms with van der Waals surface area (Å²) in [6, 6.07) is 6.70. The van der Waals surface area contributed by atoms with Crippen LogP contribution in [-0.2, 0) is 21.1 Å². The van der Waals surface area contributed by atoms with E-state index in [1.165, 1.54) is 0 Å². The van der Waals surface area contributed by atoms with Crippen molar-refractivity contribution in [2.45, 2.75) is 61.5 Å². The lowest BCUT2D eigenvalue weighted by molar-refractivity contribution is -0.136. The normalized spacial score (nSPS) is 17.3. The molecule has 0 aromatic heterocycles. The van der Waals surface area contributed by atoms with Gasteiger partial charge in [0.25, 0.3) is 0 Å². The van der Waals surface area contributed by atoms with Crippen LogP contribution in [0.4, 0.5) is 0 Å². The summed E-state index contributed by atoms with van der Waals surface area (Å²) in [5, 5.41) is 8.40. The van der Waals surface area contributed by atoms with Crippen molar-refractivity contribution in [3.63, 3.8) is 0 Å². The Morgan fingerprint density at radius 2 is 1.62 bits per heavy atom. The Kier molecular flexibility index (Phi) is 5.39. The van der Waals surface area contributed by atoms with E-state index in [1.807, 2.05) is 0 Å². The second-order valence-corrected chi connectivity index (χ2v) is 7.92. The van der Waals surface area contributed by atoms with Gasteiger partial charge in [0, 0.05) is 6.42 Å². The summed E-state index contributed by atoms with van der Waals surface area (Å²) in [4.78, 5) is 10.9. The molecular formula is C16H22O4S. The van der Waals surface area contributed by atoms with Crippen molar-refractivity contribution in [2.75, 3.05) is 0 Å². The molecule has 1 aliphatic carbocycles. The number of carbonyl (C=O) groups is 1. The van der Waals surface area contributed by atoms with Crippen molar-refractivity contribution in [3.05, 3.63) is 29.8 Å². The fraction of sp³-hybridized carbons (Fsp3) is 0.562. The van der Waals surface area contributed by atoms with Crippen LogP contribution in [0.2, 0.25) is 0 Å². The van der Waals surface area contributed by atoms with E-state index >= 15 is 0 Å². The van der Waals surface area contributed by atoms with Crippen LogP contribution in [0.3, 0.4) is 0 Å². The smallest absolute Gasteiger partial charge is 0.303 e. The van der Waals surface area contributed by atoms with Crippen LogP contribution in [0.5, 0.6) is 0 Å². The Hall–Kier alpha value is -1.36. The van der Waals surface area contributed by atoms with Gasteiger partial charge in [-0.2, -0.15) is 0 Å². The first-order valence-corrected chi connectivity index (χ1v) is 9.09. The molecule has 21 heavy (non-hydrogen) atoms. The third kappa shape index (κ3) is 4.30. The van der Waals surface area contributed by atoms with Crippen LogP contribution in [0.1, 0.15) is 50.5 Å². The van der Waals surface area contributed by atoms with Crippen molar-refractivity contribution >= 4 is 15.8 Å². The van der Waals surface area contributed by atoms with Gasteiger partial charge in [-0.15, -0.1) is 0 Å². The molecule has 1 aromatic carbocycles. The largest absolute Gasteiger partial charge is 0.481 e. The van der Waals surface area contributed by atoms with Crippen LogP contribution in [0, 0.1) is 0 Å². The minimum Gasteiger partial charge on any atom is -0.481 e. The van der Waals surface area contributed by atoms with Crippen molar-refractivity contribution in [3.8, 4) is 0 Å². The van der Waals surface area contributed by atoms with Crippen LogP contribution in [-0.4, -0.2) is 24.7 Å². The van der Waals surface area contributed by atoms with Crippen LogP contribution < -0.4 is 0 Å². The standard InChI is InChI=1S/C16H22O4S/c17-16(18)12-9-13-7-10-15(11-8-13)21(19,20)14-5-3-1-2-4-6-14/h7-8,10-11,14H,1-6,9,12H2,(H,17,18). The monoisotopic (exact) mass is 310 g/mol. The Balaban J connectivity index is 2.10. The maximum absolute atomic E-state index is 12.6. The van der Waals surface area contributed by atoms with Crippen LogP contribution >= 0.6 is 0 Å². The molecule has 1 aromatic rings. The Labute approximate surface area is 126 Å². The van der Waals surface area contributed by atoms with Crippen molar-refractivity contribution in [2.24, 2.45) is 0 Å². The van der Waals surface area contributed by atoms with E-state index in [0.29, 0.717) is 11.3 Å². The van der Waals surface area contributed by atoms with E-state index < -0.39 is 15.8 Å². The molecule has 0 unspecified atom stereocenters. The predicted octanol–water partition coefficient (Wildman–Crippen LogP) is 3.20. The number of rotatable bonds is 5. The predicted molar refractivity (Wildman–Crippen MR) is 81.1 cm³/mol. The summed E-state index contributed by atoms with van der Waals surface area (Å²) in [6.07, 6.45) is 6.22. The molecule has 0 heterocycles. The maximum Gasteiger partial charge on any atom is 0.303 e.